The van der Waals surface area contributed by atoms with Gasteiger partial charge in [0.25, 0.3) is 5.56 Å². The van der Waals surface area contributed by atoms with E-state index < -0.39 is 46.8 Å². The molecule has 1 N–H and O–H groups in total. The Kier molecular flexibility index (Phi) is 5.50. The van der Waals surface area contributed by atoms with Crippen LogP contribution in [0.25, 0.3) is 16.6 Å². The van der Waals surface area contributed by atoms with Crippen molar-refractivity contribution < 1.29 is 23.1 Å². The summed E-state index contributed by atoms with van der Waals surface area (Å²) in [7, 11) is 0. The highest BCUT2D eigenvalue weighted by atomic mass is 19.2. The molecular weight excluding hydrogens is 425 g/mol. The van der Waals surface area contributed by atoms with Crippen LogP contribution in [0.15, 0.2) is 70.3 Å². The lowest BCUT2D eigenvalue weighted by atomic mass is 10.1. The van der Waals surface area contributed by atoms with Crippen molar-refractivity contribution >= 4 is 16.7 Å². The molecule has 6 nitrogen and oxygen atoms in total. The van der Waals surface area contributed by atoms with Crippen molar-refractivity contribution in [2.24, 2.45) is 0 Å². The van der Waals surface area contributed by atoms with E-state index in [1.807, 2.05) is 0 Å². The van der Waals surface area contributed by atoms with Crippen molar-refractivity contribution in [1.82, 2.24) is 9.13 Å². The minimum Gasteiger partial charge on any atom is -0.388 e. The summed E-state index contributed by atoms with van der Waals surface area (Å²) in [4.78, 5) is 37.8. The van der Waals surface area contributed by atoms with Gasteiger partial charge in [0.1, 0.15) is 6.61 Å². The topological polar surface area (TPSA) is 81.3 Å². The number of rotatable bonds is 5. The Bertz CT molecular complexity index is 1470. The molecule has 0 aliphatic rings. The number of para-hydroxylation sites is 1. The summed E-state index contributed by atoms with van der Waals surface area (Å²) in [5.74, 6) is -4.59. The molecule has 0 spiro atoms. The number of Topliss-reactive ketones (excluding diaryl/α,β-unsaturated/α-hetero) is 1. The first-order valence-electron chi connectivity index (χ1n) is 9.44. The summed E-state index contributed by atoms with van der Waals surface area (Å²) < 4.78 is 43.3. The number of aromatic nitrogens is 2. The molecule has 0 radical (unpaired) electrons. The number of aliphatic hydroxyl groups excluding tert-OH is 1. The number of hydrogen-bond donors (Lipinski definition) is 1. The van der Waals surface area contributed by atoms with Gasteiger partial charge in [0.05, 0.1) is 23.1 Å². The number of nitrogens with zero attached hydrogens (tertiary/aromatic N) is 2. The number of halogens is 3. The molecule has 4 rings (SSSR count). The van der Waals surface area contributed by atoms with Gasteiger partial charge in [-0.05, 0) is 17.7 Å². The molecule has 3 aromatic carbocycles. The maximum Gasteiger partial charge on any atom is 0.336 e. The van der Waals surface area contributed by atoms with E-state index in [0.29, 0.717) is 16.2 Å². The number of benzene rings is 3. The normalized spacial score (nSPS) is 11.1. The van der Waals surface area contributed by atoms with E-state index in [2.05, 4.69) is 0 Å². The van der Waals surface area contributed by atoms with Crippen molar-refractivity contribution in [3.05, 3.63) is 110 Å². The molecule has 1 heterocycles. The lowest BCUT2D eigenvalue weighted by Gasteiger charge is -2.15. The predicted molar refractivity (Wildman–Crippen MR) is 111 cm³/mol. The number of carbonyl (C=O) groups excluding carboxylic acids is 1. The van der Waals surface area contributed by atoms with Crippen molar-refractivity contribution in [3.63, 3.8) is 0 Å². The molecular formula is C23H15F3N2O4. The average Bonchev–Trinajstić information content (AvgIpc) is 2.80. The molecule has 0 saturated carbocycles. The predicted octanol–water partition coefficient (Wildman–Crippen LogP) is 2.79. The zero-order valence-corrected chi connectivity index (χ0v) is 16.4. The van der Waals surface area contributed by atoms with E-state index in [1.54, 1.807) is 24.3 Å². The molecule has 4 aromatic rings. The van der Waals surface area contributed by atoms with E-state index in [1.165, 1.54) is 28.8 Å². The molecule has 0 fully saturated rings. The van der Waals surface area contributed by atoms with E-state index in [4.69, 9.17) is 5.11 Å². The van der Waals surface area contributed by atoms with Gasteiger partial charge in [-0.2, -0.15) is 0 Å². The molecule has 1 aromatic heterocycles. The van der Waals surface area contributed by atoms with Crippen LogP contribution in [-0.4, -0.2) is 26.6 Å². The van der Waals surface area contributed by atoms with Gasteiger partial charge in [-0.25, -0.2) is 22.5 Å². The fraction of sp³-hybridized carbons (Fsp3) is 0.0870. The molecule has 0 aliphatic carbocycles. The number of aliphatic hydroxyl groups is 1. The van der Waals surface area contributed by atoms with E-state index in [-0.39, 0.29) is 29.1 Å². The van der Waals surface area contributed by atoms with Gasteiger partial charge in [-0.15, -0.1) is 0 Å². The molecule has 0 unspecified atom stereocenters. The fourth-order valence-corrected chi connectivity index (χ4v) is 3.44. The van der Waals surface area contributed by atoms with Crippen LogP contribution < -0.4 is 11.2 Å². The number of carbonyl (C=O) groups is 1. The molecule has 32 heavy (non-hydrogen) atoms. The fourth-order valence-electron chi connectivity index (χ4n) is 3.44. The summed E-state index contributed by atoms with van der Waals surface area (Å²) in [6.07, 6.45) is 0. The molecule has 0 bridgehead atoms. The van der Waals surface area contributed by atoms with Gasteiger partial charge in [0, 0.05) is 17.7 Å². The number of hydrogen-bond acceptors (Lipinski definition) is 4. The van der Waals surface area contributed by atoms with Crippen LogP contribution in [0.3, 0.4) is 0 Å². The van der Waals surface area contributed by atoms with Gasteiger partial charge in [0.2, 0.25) is 0 Å². The van der Waals surface area contributed by atoms with Gasteiger partial charge in [-0.1, -0.05) is 36.4 Å². The Morgan fingerprint density at radius 3 is 2.22 bits per heavy atom. The van der Waals surface area contributed by atoms with Crippen LogP contribution in [0, 0.1) is 17.5 Å². The highest BCUT2D eigenvalue weighted by molar-refractivity contribution is 5.96. The van der Waals surface area contributed by atoms with Crippen LogP contribution in [0.4, 0.5) is 13.2 Å². The Balaban J connectivity index is 1.94. The maximum absolute atomic E-state index is 14.4. The first-order chi connectivity index (χ1) is 15.3. The van der Waals surface area contributed by atoms with Crippen LogP contribution in [0.5, 0.6) is 0 Å². The molecule has 0 atom stereocenters. The SMILES string of the molecule is O=C(CO)c1ccc(Cn2c(=O)n(-c3cc(F)c(F)cc3F)c(=O)c3ccccc32)cc1. The Morgan fingerprint density at radius 1 is 0.875 bits per heavy atom. The lowest BCUT2D eigenvalue weighted by Crippen LogP contribution is -2.39. The minimum absolute atomic E-state index is 0.0570. The Hall–Kier alpha value is -3.98. The molecule has 9 heteroatoms. The summed E-state index contributed by atoms with van der Waals surface area (Å²) in [6.45, 7) is -0.702. The third-order valence-corrected chi connectivity index (χ3v) is 5.04. The second kappa shape index (κ2) is 8.27. The monoisotopic (exact) mass is 440 g/mol. The second-order valence-electron chi connectivity index (χ2n) is 7.02. The first kappa shape index (κ1) is 21.3. The minimum atomic E-state index is -1.45. The quantitative estimate of drug-likeness (QED) is 0.382. The average molecular weight is 440 g/mol. The van der Waals surface area contributed by atoms with Crippen LogP contribution in [0.1, 0.15) is 15.9 Å². The third kappa shape index (κ3) is 3.63. The van der Waals surface area contributed by atoms with E-state index in [9.17, 15) is 27.6 Å². The standard InChI is InChI=1S/C23H15F3N2O4/c24-16-9-18(26)20(10-17(16)25)28-22(31)15-3-1-2-4-19(15)27(23(28)32)11-13-5-7-14(8-6-13)21(30)12-29/h1-10,29H,11-12H2. The van der Waals surface area contributed by atoms with Crippen molar-refractivity contribution in [3.8, 4) is 5.69 Å². The summed E-state index contributed by atoms with van der Waals surface area (Å²) >= 11 is 0. The zero-order valence-electron chi connectivity index (χ0n) is 16.4. The van der Waals surface area contributed by atoms with Gasteiger partial charge in [-0.3, -0.25) is 14.2 Å². The van der Waals surface area contributed by atoms with Crippen LogP contribution in [0.2, 0.25) is 0 Å². The van der Waals surface area contributed by atoms with Crippen LogP contribution in [-0.2, 0) is 6.54 Å². The van der Waals surface area contributed by atoms with Crippen LogP contribution >= 0.6 is 0 Å². The zero-order chi connectivity index (χ0) is 23.0. The first-order valence-corrected chi connectivity index (χ1v) is 9.44. The molecule has 0 aliphatic heterocycles. The van der Waals surface area contributed by atoms with Crippen molar-refractivity contribution in [2.45, 2.75) is 6.54 Å². The van der Waals surface area contributed by atoms with Gasteiger partial charge < -0.3 is 5.11 Å². The van der Waals surface area contributed by atoms with E-state index >= 15 is 0 Å². The van der Waals surface area contributed by atoms with Gasteiger partial charge >= 0.3 is 5.69 Å². The smallest absolute Gasteiger partial charge is 0.336 e. The highest BCUT2D eigenvalue weighted by Gasteiger charge is 2.19. The number of fused-ring (bicyclic) bond motifs is 1. The Morgan fingerprint density at radius 2 is 1.53 bits per heavy atom. The summed E-state index contributed by atoms with van der Waals surface area (Å²) in [6, 6.07) is 13.0. The Labute approximate surface area is 178 Å². The van der Waals surface area contributed by atoms with Crippen molar-refractivity contribution in [2.75, 3.05) is 6.61 Å². The summed E-state index contributed by atoms with van der Waals surface area (Å²) in [5, 5.41) is 9.04. The summed E-state index contributed by atoms with van der Waals surface area (Å²) in [5.41, 5.74) is -1.42. The maximum atomic E-state index is 14.4. The van der Waals surface area contributed by atoms with Crippen molar-refractivity contribution in [1.29, 1.82) is 0 Å². The third-order valence-electron chi connectivity index (χ3n) is 5.04. The molecule has 0 amide bonds. The lowest BCUT2D eigenvalue weighted by molar-refractivity contribution is 0.0903. The second-order valence-corrected chi connectivity index (χ2v) is 7.02. The number of ketones is 1. The largest absolute Gasteiger partial charge is 0.388 e. The molecule has 162 valence electrons. The molecule has 0 saturated heterocycles. The van der Waals surface area contributed by atoms with Gasteiger partial charge in [0.15, 0.2) is 23.2 Å². The van der Waals surface area contributed by atoms with E-state index in [0.717, 1.165) is 0 Å². The highest BCUT2D eigenvalue weighted by Crippen LogP contribution is 2.18.